The topological polar surface area (TPSA) is 88.1 Å². The maximum atomic E-state index is 12.2. The first-order valence-electron chi connectivity index (χ1n) is 8.52. The SMILES string of the molecule is CCNC(=O)C[C@@H]1CC[C@@H]2[C@H](COC[C@H](O)CN2C(=O)CC)O1. The number of carbonyl (C=O) groups is 2. The summed E-state index contributed by atoms with van der Waals surface area (Å²) in [6.07, 6.45) is 1.17. The van der Waals surface area contributed by atoms with Gasteiger partial charge in [0, 0.05) is 19.5 Å². The van der Waals surface area contributed by atoms with Crippen LogP contribution < -0.4 is 5.32 Å². The number of ether oxygens (including phenoxy) is 2. The highest BCUT2D eigenvalue weighted by molar-refractivity contribution is 5.77. The molecule has 0 aliphatic carbocycles. The molecular formula is C16H28N2O5. The van der Waals surface area contributed by atoms with E-state index in [4.69, 9.17) is 9.47 Å². The van der Waals surface area contributed by atoms with Crippen LogP contribution in [0.4, 0.5) is 0 Å². The van der Waals surface area contributed by atoms with Crippen LogP contribution in [0.3, 0.4) is 0 Å². The molecule has 2 saturated heterocycles. The number of carbonyl (C=O) groups excluding carboxylic acids is 2. The molecule has 7 heteroatoms. The van der Waals surface area contributed by atoms with Gasteiger partial charge in [0.2, 0.25) is 11.8 Å². The lowest BCUT2D eigenvalue weighted by Crippen LogP contribution is -2.57. The first-order chi connectivity index (χ1) is 11.0. The first-order valence-corrected chi connectivity index (χ1v) is 8.52. The van der Waals surface area contributed by atoms with Gasteiger partial charge in [-0.25, -0.2) is 0 Å². The minimum atomic E-state index is -0.667. The molecule has 7 nitrogen and oxygen atoms in total. The average molecular weight is 328 g/mol. The number of β-amino-alcohol motifs (C(OH)–C–C–N with tert-alkyl or cyclic N) is 1. The number of aliphatic hydroxyl groups excluding tert-OH is 1. The fourth-order valence-electron chi connectivity index (χ4n) is 3.31. The zero-order valence-corrected chi connectivity index (χ0v) is 14.0. The Bertz CT molecular complexity index is 417. The lowest BCUT2D eigenvalue weighted by Gasteiger charge is -2.44. The van der Waals surface area contributed by atoms with E-state index in [-0.39, 0.29) is 43.2 Å². The molecule has 2 N–H and O–H groups in total. The molecule has 0 aromatic heterocycles. The molecule has 0 aromatic rings. The van der Waals surface area contributed by atoms with Gasteiger partial charge < -0.3 is 24.8 Å². The van der Waals surface area contributed by atoms with Crippen LogP contribution >= 0.6 is 0 Å². The molecule has 23 heavy (non-hydrogen) atoms. The molecule has 2 heterocycles. The third-order valence-electron chi connectivity index (χ3n) is 4.39. The predicted octanol–water partition coefficient (Wildman–Crippen LogP) is 0.0585. The molecule has 2 aliphatic heterocycles. The van der Waals surface area contributed by atoms with Gasteiger partial charge in [0.15, 0.2) is 0 Å². The summed E-state index contributed by atoms with van der Waals surface area (Å²) in [7, 11) is 0. The van der Waals surface area contributed by atoms with Gasteiger partial charge in [-0.15, -0.1) is 0 Å². The number of hydrogen-bond donors (Lipinski definition) is 2. The van der Waals surface area contributed by atoms with Gasteiger partial charge in [-0.1, -0.05) is 6.92 Å². The Labute approximate surface area is 137 Å². The summed E-state index contributed by atoms with van der Waals surface area (Å²) < 4.78 is 11.5. The number of rotatable bonds is 4. The molecule has 0 unspecified atom stereocenters. The van der Waals surface area contributed by atoms with Crippen LogP contribution in [0, 0.1) is 0 Å². The van der Waals surface area contributed by atoms with Gasteiger partial charge >= 0.3 is 0 Å². The zero-order valence-electron chi connectivity index (χ0n) is 14.0. The van der Waals surface area contributed by atoms with Gasteiger partial charge in [-0.2, -0.15) is 0 Å². The van der Waals surface area contributed by atoms with E-state index in [1.54, 1.807) is 4.90 Å². The minimum absolute atomic E-state index is 0.0142. The molecule has 2 amide bonds. The third-order valence-corrected chi connectivity index (χ3v) is 4.39. The summed E-state index contributed by atoms with van der Waals surface area (Å²) >= 11 is 0. The third kappa shape index (κ3) is 4.89. The van der Waals surface area contributed by atoms with Crippen LogP contribution in [0.2, 0.25) is 0 Å². The van der Waals surface area contributed by atoms with Crippen LogP contribution in [0.15, 0.2) is 0 Å². The summed E-state index contributed by atoms with van der Waals surface area (Å²) in [6, 6.07) is -0.0945. The molecule has 0 radical (unpaired) electrons. The van der Waals surface area contributed by atoms with E-state index in [2.05, 4.69) is 5.32 Å². The highest BCUT2D eigenvalue weighted by Crippen LogP contribution is 2.28. The highest BCUT2D eigenvalue weighted by Gasteiger charge is 2.39. The van der Waals surface area contributed by atoms with Gasteiger partial charge in [0.25, 0.3) is 0 Å². The number of nitrogens with one attached hydrogen (secondary N) is 1. The normalized spacial score (nSPS) is 31.7. The summed E-state index contributed by atoms with van der Waals surface area (Å²) in [6.45, 7) is 5.12. The van der Waals surface area contributed by atoms with Gasteiger partial charge in [-0.3, -0.25) is 9.59 Å². The van der Waals surface area contributed by atoms with Crippen molar-refractivity contribution in [2.45, 2.75) is 63.9 Å². The largest absolute Gasteiger partial charge is 0.389 e. The lowest BCUT2D eigenvalue weighted by molar-refractivity contribution is -0.169. The quantitative estimate of drug-likeness (QED) is 0.762. The molecule has 0 aromatic carbocycles. The Kier molecular flexibility index (Phi) is 6.80. The average Bonchev–Trinajstić information content (AvgIpc) is 2.51. The first kappa shape index (κ1) is 18.2. The molecule has 2 rings (SSSR count). The van der Waals surface area contributed by atoms with E-state index in [1.165, 1.54) is 0 Å². The van der Waals surface area contributed by atoms with Crippen LogP contribution in [-0.2, 0) is 19.1 Å². The van der Waals surface area contributed by atoms with Crippen LogP contribution in [0.1, 0.15) is 39.5 Å². The molecule has 0 bridgehead atoms. The fraction of sp³-hybridized carbons (Fsp3) is 0.875. The lowest BCUT2D eigenvalue weighted by atomic mass is 9.94. The van der Waals surface area contributed by atoms with Crippen LogP contribution in [-0.4, -0.2) is 72.5 Å². The Morgan fingerprint density at radius 3 is 2.74 bits per heavy atom. The Balaban J connectivity index is 2.02. The van der Waals surface area contributed by atoms with Crippen molar-refractivity contribution in [2.24, 2.45) is 0 Å². The monoisotopic (exact) mass is 328 g/mol. The maximum Gasteiger partial charge on any atom is 0.222 e. The number of nitrogens with zero attached hydrogens (tertiary/aromatic N) is 1. The second-order valence-electron chi connectivity index (χ2n) is 6.19. The number of fused-ring (bicyclic) bond motifs is 1. The van der Waals surface area contributed by atoms with Crippen molar-refractivity contribution < 1.29 is 24.2 Å². The molecule has 0 spiro atoms. The summed E-state index contributed by atoms with van der Waals surface area (Å²) in [5.41, 5.74) is 0. The van der Waals surface area contributed by atoms with Crippen molar-refractivity contribution >= 4 is 11.8 Å². The molecular weight excluding hydrogens is 300 g/mol. The van der Waals surface area contributed by atoms with E-state index in [9.17, 15) is 14.7 Å². The van der Waals surface area contributed by atoms with Crippen molar-refractivity contribution in [1.82, 2.24) is 10.2 Å². The van der Waals surface area contributed by atoms with Crippen molar-refractivity contribution in [3.63, 3.8) is 0 Å². The standard InChI is InChI=1S/C16H28N2O5/c1-3-16(21)18-8-11(19)9-22-10-14-13(18)6-5-12(23-14)7-15(20)17-4-2/h11-14,19H,3-10H2,1-2H3,(H,17,20)/t11-,12+,13-,14+/m1/s1. The zero-order chi connectivity index (χ0) is 16.8. The van der Waals surface area contributed by atoms with E-state index < -0.39 is 6.10 Å². The minimum Gasteiger partial charge on any atom is -0.389 e. The van der Waals surface area contributed by atoms with Crippen molar-refractivity contribution in [1.29, 1.82) is 0 Å². The van der Waals surface area contributed by atoms with Crippen molar-refractivity contribution in [2.75, 3.05) is 26.3 Å². The number of hydrogen-bond acceptors (Lipinski definition) is 5. The van der Waals surface area contributed by atoms with Crippen LogP contribution in [0.25, 0.3) is 0 Å². The highest BCUT2D eigenvalue weighted by atomic mass is 16.5. The Morgan fingerprint density at radius 2 is 2.04 bits per heavy atom. The van der Waals surface area contributed by atoms with Crippen LogP contribution in [0.5, 0.6) is 0 Å². The molecule has 0 saturated carbocycles. The molecule has 4 atom stereocenters. The second kappa shape index (κ2) is 8.61. The van der Waals surface area contributed by atoms with Gasteiger partial charge in [-0.05, 0) is 19.8 Å². The summed E-state index contributed by atoms with van der Waals surface area (Å²) in [5, 5.41) is 12.7. The smallest absolute Gasteiger partial charge is 0.222 e. The van der Waals surface area contributed by atoms with E-state index in [0.717, 1.165) is 12.8 Å². The van der Waals surface area contributed by atoms with Gasteiger partial charge in [0.05, 0.1) is 37.9 Å². The molecule has 2 fully saturated rings. The molecule has 132 valence electrons. The summed E-state index contributed by atoms with van der Waals surface area (Å²) in [4.78, 5) is 25.7. The summed E-state index contributed by atoms with van der Waals surface area (Å²) in [5.74, 6) is 0.00588. The van der Waals surface area contributed by atoms with Crippen molar-refractivity contribution in [3.8, 4) is 0 Å². The second-order valence-corrected chi connectivity index (χ2v) is 6.19. The van der Waals surface area contributed by atoms with Crippen molar-refractivity contribution in [3.05, 3.63) is 0 Å². The van der Waals surface area contributed by atoms with E-state index in [0.29, 0.717) is 26.0 Å². The van der Waals surface area contributed by atoms with E-state index in [1.807, 2.05) is 13.8 Å². The molecule has 2 aliphatic rings. The Hall–Kier alpha value is -1.18. The fourth-order valence-corrected chi connectivity index (χ4v) is 3.31. The Morgan fingerprint density at radius 1 is 1.26 bits per heavy atom. The predicted molar refractivity (Wildman–Crippen MR) is 83.8 cm³/mol. The number of aliphatic hydroxyl groups is 1. The maximum absolute atomic E-state index is 12.2. The van der Waals surface area contributed by atoms with Gasteiger partial charge in [0.1, 0.15) is 6.10 Å². The number of amides is 2. The van der Waals surface area contributed by atoms with E-state index >= 15 is 0 Å².